The molecule has 2 heteroatoms. The Morgan fingerprint density at radius 1 is 1.00 bits per heavy atom. The molecular weight excluding hydrogens is 232 g/mol. The minimum absolute atomic E-state index is 0.577. The van der Waals surface area contributed by atoms with Crippen LogP contribution in [-0.4, -0.2) is 4.57 Å². The summed E-state index contributed by atoms with van der Waals surface area (Å²) in [6, 6.07) is 0.577. The van der Waals surface area contributed by atoms with Crippen LogP contribution in [0.1, 0.15) is 84.5 Å². The normalized spacial score (nSPS) is 11.4. The summed E-state index contributed by atoms with van der Waals surface area (Å²) >= 11 is 0. The van der Waals surface area contributed by atoms with Crippen LogP contribution >= 0.6 is 0 Å². The first-order valence-corrected chi connectivity index (χ1v) is 8.29. The maximum absolute atomic E-state index is 2.49. The zero-order chi connectivity index (χ0) is 14.1. The van der Waals surface area contributed by atoms with Gasteiger partial charge in [-0.1, -0.05) is 39.5 Å². The molecule has 1 heterocycles. The molecule has 0 aliphatic heterocycles. The lowest BCUT2D eigenvalue weighted by molar-refractivity contribution is -0.704. The van der Waals surface area contributed by atoms with Gasteiger partial charge in [0.25, 0.3) is 5.82 Å². The van der Waals surface area contributed by atoms with Gasteiger partial charge >= 0.3 is 0 Å². The van der Waals surface area contributed by atoms with Crippen molar-refractivity contribution in [3.05, 3.63) is 18.2 Å². The van der Waals surface area contributed by atoms with E-state index in [4.69, 9.17) is 0 Å². The lowest BCUT2D eigenvalue weighted by Crippen LogP contribution is -2.37. The summed E-state index contributed by atoms with van der Waals surface area (Å²) in [5, 5.41) is 0. The van der Waals surface area contributed by atoms with Gasteiger partial charge in [0.15, 0.2) is 0 Å². The van der Waals surface area contributed by atoms with E-state index < -0.39 is 0 Å². The number of aryl methyl sites for hydroxylation is 1. The fraction of sp³-hybridized carbons (Fsp3) is 0.824. The number of hydrogen-bond donors (Lipinski definition) is 0. The highest BCUT2D eigenvalue weighted by Gasteiger charge is 2.18. The number of hydrogen-bond acceptors (Lipinski definition) is 0. The van der Waals surface area contributed by atoms with Crippen LogP contribution in [0.5, 0.6) is 0 Å². The van der Waals surface area contributed by atoms with Gasteiger partial charge in [-0.25, -0.2) is 9.13 Å². The van der Waals surface area contributed by atoms with Gasteiger partial charge in [-0.3, -0.25) is 0 Å². The van der Waals surface area contributed by atoms with Crippen LogP contribution < -0.4 is 4.57 Å². The van der Waals surface area contributed by atoms with Gasteiger partial charge in [0.05, 0.1) is 12.6 Å². The van der Waals surface area contributed by atoms with Gasteiger partial charge in [-0.05, 0) is 33.1 Å². The molecular formula is C17H33N2+. The molecule has 0 N–H and O–H groups in total. The largest absolute Gasteiger partial charge is 0.256 e. The Morgan fingerprint density at radius 2 is 1.68 bits per heavy atom. The molecule has 0 unspecified atom stereocenters. The first-order valence-electron chi connectivity index (χ1n) is 8.29. The summed E-state index contributed by atoms with van der Waals surface area (Å²) in [5.74, 6) is 1.53. The molecule has 0 bridgehead atoms. The zero-order valence-electron chi connectivity index (χ0n) is 13.5. The van der Waals surface area contributed by atoms with Gasteiger partial charge in [-0.2, -0.15) is 0 Å². The Labute approximate surface area is 119 Å². The summed E-state index contributed by atoms with van der Waals surface area (Å²) in [6.45, 7) is 10.3. The van der Waals surface area contributed by atoms with E-state index in [0.717, 1.165) is 0 Å². The van der Waals surface area contributed by atoms with Crippen molar-refractivity contribution < 1.29 is 4.57 Å². The summed E-state index contributed by atoms with van der Waals surface area (Å²) in [4.78, 5) is 0. The van der Waals surface area contributed by atoms with Gasteiger partial charge in [0, 0.05) is 6.42 Å². The van der Waals surface area contributed by atoms with Gasteiger partial charge in [0.1, 0.15) is 12.4 Å². The standard InChI is InChI=1S/C17H33N2/c1-5-7-9-10-12-17-18(13-11-8-6-2)14-15-19(17)16(3)4/h14-16H,5-13H2,1-4H3/q+1. The third kappa shape index (κ3) is 5.38. The number of rotatable bonds is 10. The predicted octanol–water partition coefficient (Wildman–Crippen LogP) is 4.67. The number of aromatic nitrogens is 2. The molecule has 0 saturated carbocycles. The average molecular weight is 265 g/mol. The van der Waals surface area contributed by atoms with E-state index in [2.05, 4.69) is 49.2 Å². The molecule has 0 aliphatic rings. The molecule has 1 aromatic rings. The van der Waals surface area contributed by atoms with Crippen molar-refractivity contribution in [2.45, 2.75) is 91.6 Å². The van der Waals surface area contributed by atoms with Crippen molar-refractivity contribution >= 4 is 0 Å². The highest BCUT2D eigenvalue weighted by molar-refractivity contribution is 4.86. The second-order valence-corrected chi connectivity index (χ2v) is 5.93. The Balaban J connectivity index is 2.62. The van der Waals surface area contributed by atoms with E-state index in [1.54, 1.807) is 0 Å². The van der Waals surface area contributed by atoms with Crippen molar-refractivity contribution in [2.24, 2.45) is 0 Å². The molecule has 1 aromatic heterocycles. The van der Waals surface area contributed by atoms with E-state index in [9.17, 15) is 0 Å². The summed E-state index contributed by atoms with van der Waals surface area (Å²) in [5.41, 5.74) is 0. The van der Waals surface area contributed by atoms with E-state index in [-0.39, 0.29) is 0 Å². The molecule has 19 heavy (non-hydrogen) atoms. The van der Waals surface area contributed by atoms with Crippen molar-refractivity contribution in [1.82, 2.24) is 4.57 Å². The van der Waals surface area contributed by atoms with E-state index >= 15 is 0 Å². The predicted molar refractivity (Wildman–Crippen MR) is 82.4 cm³/mol. The molecule has 2 nitrogen and oxygen atoms in total. The van der Waals surface area contributed by atoms with Crippen LogP contribution in [-0.2, 0) is 13.0 Å². The van der Waals surface area contributed by atoms with Crippen molar-refractivity contribution in [2.75, 3.05) is 0 Å². The van der Waals surface area contributed by atoms with Crippen LogP contribution in [0, 0.1) is 0 Å². The van der Waals surface area contributed by atoms with E-state index in [0.29, 0.717) is 6.04 Å². The third-order valence-corrected chi connectivity index (χ3v) is 3.85. The highest BCUT2D eigenvalue weighted by atomic mass is 15.2. The first-order chi connectivity index (χ1) is 9.20. The monoisotopic (exact) mass is 265 g/mol. The molecule has 110 valence electrons. The van der Waals surface area contributed by atoms with Gasteiger partial charge in [0.2, 0.25) is 0 Å². The number of nitrogens with zero attached hydrogens (tertiary/aromatic N) is 2. The first kappa shape index (κ1) is 16.3. The van der Waals surface area contributed by atoms with Crippen LogP contribution in [0.4, 0.5) is 0 Å². The van der Waals surface area contributed by atoms with Crippen LogP contribution in [0.2, 0.25) is 0 Å². The number of unbranched alkanes of at least 4 members (excludes halogenated alkanes) is 5. The van der Waals surface area contributed by atoms with E-state index in [1.165, 1.54) is 63.7 Å². The lowest BCUT2D eigenvalue weighted by atomic mass is 10.1. The van der Waals surface area contributed by atoms with Gasteiger partial charge in [-0.15, -0.1) is 0 Å². The van der Waals surface area contributed by atoms with Crippen LogP contribution in [0.3, 0.4) is 0 Å². The Bertz CT molecular complexity index is 339. The second kappa shape index (κ2) is 9.17. The molecule has 0 fully saturated rings. The quantitative estimate of drug-likeness (QED) is 0.429. The van der Waals surface area contributed by atoms with Crippen molar-refractivity contribution in [3.8, 4) is 0 Å². The topological polar surface area (TPSA) is 8.81 Å². The highest BCUT2D eigenvalue weighted by Crippen LogP contribution is 2.11. The Hall–Kier alpha value is -0.790. The third-order valence-electron chi connectivity index (χ3n) is 3.85. The van der Waals surface area contributed by atoms with E-state index in [1.807, 2.05) is 0 Å². The molecule has 0 spiro atoms. The minimum Gasteiger partial charge on any atom is -0.234 e. The average Bonchev–Trinajstić information content (AvgIpc) is 2.78. The van der Waals surface area contributed by atoms with Crippen molar-refractivity contribution in [3.63, 3.8) is 0 Å². The second-order valence-electron chi connectivity index (χ2n) is 5.93. The SMILES string of the molecule is CCCCCCc1n(C(C)C)cc[n+]1CCCCC. The summed E-state index contributed by atoms with van der Waals surface area (Å²) < 4.78 is 4.94. The Kier molecular flexibility index (Phi) is 7.85. The Morgan fingerprint density at radius 3 is 2.32 bits per heavy atom. The summed E-state index contributed by atoms with van der Waals surface area (Å²) in [7, 11) is 0. The van der Waals surface area contributed by atoms with Crippen LogP contribution in [0.25, 0.3) is 0 Å². The fourth-order valence-corrected chi connectivity index (χ4v) is 2.66. The maximum atomic E-state index is 2.49. The van der Waals surface area contributed by atoms with Crippen molar-refractivity contribution in [1.29, 1.82) is 0 Å². The minimum atomic E-state index is 0.577. The smallest absolute Gasteiger partial charge is 0.234 e. The van der Waals surface area contributed by atoms with Crippen LogP contribution in [0.15, 0.2) is 12.4 Å². The molecule has 1 rings (SSSR count). The fourth-order valence-electron chi connectivity index (χ4n) is 2.66. The summed E-state index contributed by atoms with van der Waals surface area (Å²) in [6.07, 6.45) is 15.1. The molecule has 0 amide bonds. The molecule has 0 atom stereocenters. The molecule has 0 saturated heterocycles. The lowest BCUT2D eigenvalue weighted by Gasteiger charge is -2.07. The maximum Gasteiger partial charge on any atom is 0.256 e. The molecule has 0 radical (unpaired) electrons. The molecule has 0 aliphatic carbocycles. The molecule has 0 aromatic carbocycles. The zero-order valence-corrected chi connectivity index (χ0v) is 13.5. The van der Waals surface area contributed by atoms with Gasteiger partial charge < -0.3 is 0 Å². The number of imidazole rings is 1.